The van der Waals surface area contributed by atoms with Crippen LogP contribution in [0.5, 0.6) is 0 Å². The molecule has 0 fully saturated rings. The first-order chi connectivity index (χ1) is 11.5. The summed E-state index contributed by atoms with van der Waals surface area (Å²) in [5.41, 5.74) is 6.95. The number of fused-ring (bicyclic) bond motifs is 1. The van der Waals surface area contributed by atoms with Crippen molar-refractivity contribution in [2.45, 2.75) is 19.4 Å². The molecule has 0 bridgehead atoms. The molecule has 0 radical (unpaired) electrons. The van der Waals surface area contributed by atoms with E-state index in [1.165, 1.54) is 6.33 Å². The third-order valence-electron chi connectivity index (χ3n) is 3.26. The Balaban J connectivity index is 1.78. The molecular formula is C14H22N5O4P. The normalized spacial score (nSPS) is 14.4. The monoisotopic (exact) mass is 355 g/mol. The Morgan fingerprint density at radius 2 is 2.17 bits per heavy atom. The molecule has 2 heterocycles. The summed E-state index contributed by atoms with van der Waals surface area (Å²) in [5, 5.41) is 0. The van der Waals surface area contributed by atoms with Crippen molar-refractivity contribution in [3.05, 3.63) is 24.8 Å². The molecule has 0 aromatic carbocycles. The van der Waals surface area contributed by atoms with E-state index in [9.17, 15) is 9.46 Å². The van der Waals surface area contributed by atoms with Crippen LogP contribution in [0.3, 0.4) is 0 Å². The van der Waals surface area contributed by atoms with Crippen LogP contribution in [-0.4, -0.2) is 50.9 Å². The van der Waals surface area contributed by atoms with Crippen LogP contribution in [0.1, 0.15) is 12.8 Å². The van der Waals surface area contributed by atoms with Crippen molar-refractivity contribution in [1.29, 1.82) is 0 Å². The summed E-state index contributed by atoms with van der Waals surface area (Å²) in [4.78, 5) is 21.9. The second kappa shape index (κ2) is 8.89. The quantitative estimate of drug-likeness (QED) is 0.374. The van der Waals surface area contributed by atoms with Crippen LogP contribution in [0.2, 0.25) is 0 Å². The van der Waals surface area contributed by atoms with Crippen LogP contribution >= 0.6 is 7.60 Å². The molecule has 10 heteroatoms. The summed E-state index contributed by atoms with van der Waals surface area (Å²) < 4.78 is 23.5. The second-order valence-electron chi connectivity index (χ2n) is 5.13. The minimum Gasteiger partial charge on any atom is -0.385 e. The summed E-state index contributed by atoms with van der Waals surface area (Å²) in [5.74, 6) is 0.342. The van der Waals surface area contributed by atoms with E-state index in [1.807, 2.05) is 16.7 Å². The first kappa shape index (κ1) is 18.5. The Morgan fingerprint density at radius 1 is 1.33 bits per heavy atom. The predicted molar refractivity (Wildman–Crippen MR) is 90.6 cm³/mol. The van der Waals surface area contributed by atoms with E-state index >= 15 is 0 Å². The van der Waals surface area contributed by atoms with Gasteiger partial charge in [-0.3, -0.25) is 4.57 Å². The Hall–Kier alpha value is -1.80. The van der Waals surface area contributed by atoms with Crippen molar-refractivity contribution < 1.29 is 18.7 Å². The number of nitrogen functional groups attached to an aromatic ring is 1. The molecule has 1 atom stereocenters. The molecule has 0 saturated heterocycles. The molecule has 0 saturated carbocycles. The van der Waals surface area contributed by atoms with E-state index in [0.717, 1.165) is 0 Å². The summed E-state index contributed by atoms with van der Waals surface area (Å²) in [6, 6.07) is 0. The van der Waals surface area contributed by atoms with Gasteiger partial charge in [0.15, 0.2) is 11.5 Å². The fourth-order valence-corrected chi connectivity index (χ4v) is 3.07. The van der Waals surface area contributed by atoms with Gasteiger partial charge in [-0.05, 0) is 12.8 Å². The van der Waals surface area contributed by atoms with Crippen LogP contribution in [0, 0.1) is 0 Å². The molecule has 0 aliphatic carbocycles. The zero-order valence-electron chi connectivity index (χ0n) is 13.5. The third-order valence-corrected chi connectivity index (χ3v) is 4.67. The van der Waals surface area contributed by atoms with E-state index < -0.39 is 7.60 Å². The van der Waals surface area contributed by atoms with Crippen molar-refractivity contribution in [1.82, 2.24) is 19.5 Å². The number of allylic oxidation sites excluding steroid dienone is 2. The SMILES string of the molecule is COCCCOP(=O)(O)CC/C=C\Cn1cnc2c(N)ncnc21. The van der Waals surface area contributed by atoms with Crippen molar-refractivity contribution in [3.63, 3.8) is 0 Å². The first-order valence-electron chi connectivity index (χ1n) is 7.55. The third kappa shape index (κ3) is 5.38. The van der Waals surface area contributed by atoms with Gasteiger partial charge >= 0.3 is 7.60 Å². The predicted octanol–water partition coefficient (Wildman–Crippen LogP) is 1.59. The van der Waals surface area contributed by atoms with Gasteiger partial charge in [0.1, 0.15) is 11.8 Å². The molecule has 0 aliphatic rings. The lowest BCUT2D eigenvalue weighted by Crippen LogP contribution is -2.00. The molecule has 0 amide bonds. The second-order valence-corrected chi connectivity index (χ2v) is 7.11. The van der Waals surface area contributed by atoms with Crippen LogP contribution < -0.4 is 5.73 Å². The fourth-order valence-electron chi connectivity index (χ4n) is 2.05. The maximum absolute atomic E-state index is 11.8. The highest BCUT2D eigenvalue weighted by Gasteiger charge is 2.17. The van der Waals surface area contributed by atoms with Gasteiger partial charge < -0.3 is 24.5 Å². The Bertz CT molecular complexity index is 733. The van der Waals surface area contributed by atoms with Gasteiger partial charge in [0, 0.05) is 20.3 Å². The number of nitrogens with zero attached hydrogens (tertiary/aromatic N) is 4. The van der Waals surface area contributed by atoms with Gasteiger partial charge in [0.25, 0.3) is 0 Å². The van der Waals surface area contributed by atoms with Crippen molar-refractivity contribution in [3.8, 4) is 0 Å². The molecule has 2 aromatic heterocycles. The number of hydrogen-bond acceptors (Lipinski definition) is 7. The van der Waals surface area contributed by atoms with Crippen molar-refractivity contribution in [2.24, 2.45) is 0 Å². The molecular weight excluding hydrogens is 333 g/mol. The highest BCUT2D eigenvalue weighted by atomic mass is 31.2. The highest BCUT2D eigenvalue weighted by molar-refractivity contribution is 7.52. The van der Waals surface area contributed by atoms with Gasteiger partial charge in [0.2, 0.25) is 0 Å². The van der Waals surface area contributed by atoms with E-state index in [1.54, 1.807) is 13.4 Å². The van der Waals surface area contributed by atoms with Gasteiger partial charge in [-0.2, -0.15) is 0 Å². The van der Waals surface area contributed by atoms with Crippen LogP contribution in [0.15, 0.2) is 24.8 Å². The van der Waals surface area contributed by atoms with Crippen LogP contribution in [-0.2, 0) is 20.4 Å². The van der Waals surface area contributed by atoms with Crippen LogP contribution in [0.4, 0.5) is 5.82 Å². The number of rotatable bonds is 10. The zero-order chi connectivity index (χ0) is 17.4. The zero-order valence-corrected chi connectivity index (χ0v) is 14.4. The molecule has 0 spiro atoms. The summed E-state index contributed by atoms with van der Waals surface area (Å²) in [7, 11) is -1.97. The fraction of sp³-hybridized carbons (Fsp3) is 0.500. The Labute approximate surface area is 140 Å². The molecule has 3 N–H and O–H groups in total. The van der Waals surface area contributed by atoms with Gasteiger partial charge in [-0.1, -0.05) is 12.2 Å². The van der Waals surface area contributed by atoms with Crippen molar-refractivity contribution >= 4 is 24.6 Å². The minimum absolute atomic E-state index is 0.0796. The molecule has 24 heavy (non-hydrogen) atoms. The minimum atomic E-state index is -3.54. The van der Waals surface area contributed by atoms with Gasteiger partial charge in [-0.25, -0.2) is 15.0 Å². The lowest BCUT2D eigenvalue weighted by atomic mass is 10.4. The van der Waals surface area contributed by atoms with E-state index in [-0.39, 0.29) is 12.8 Å². The van der Waals surface area contributed by atoms with E-state index in [2.05, 4.69) is 15.0 Å². The maximum Gasteiger partial charge on any atom is 0.328 e. The smallest absolute Gasteiger partial charge is 0.328 e. The Morgan fingerprint density at radius 3 is 2.96 bits per heavy atom. The molecule has 1 unspecified atom stereocenters. The number of nitrogens with two attached hydrogens (primary N) is 1. The number of aromatic nitrogens is 4. The number of anilines is 1. The topological polar surface area (TPSA) is 125 Å². The largest absolute Gasteiger partial charge is 0.385 e. The molecule has 132 valence electrons. The maximum atomic E-state index is 11.8. The molecule has 9 nitrogen and oxygen atoms in total. The van der Waals surface area contributed by atoms with Gasteiger partial charge in [-0.15, -0.1) is 0 Å². The summed E-state index contributed by atoms with van der Waals surface area (Å²) in [6.45, 7) is 1.26. The average molecular weight is 355 g/mol. The van der Waals surface area contributed by atoms with Crippen LogP contribution in [0.25, 0.3) is 11.2 Å². The van der Waals surface area contributed by atoms with E-state index in [0.29, 0.717) is 43.0 Å². The van der Waals surface area contributed by atoms with E-state index in [4.69, 9.17) is 15.0 Å². The first-order valence-corrected chi connectivity index (χ1v) is 9.31. The highest BCUT2D eigenvalue weighted by Crippen LogP contribution is 2.42. The molecule has 2 rings (SSSR count). The number of ether oxygens (including phenoxy) is 1. The van der Waals surface area contributed by atoms with Gasteiger partial charge in [0.05, 0.1) is 19.1 Å². The standard InChI is InChI=1S/C14H22N5O4P/c1-22-7-5-8-23-24(20,21)9-4-2-3-6-19-11-18-12-13(15)16-10-17-14(12)19/h2-3,10-11H,4-9H2,1H3,(H,20,21)(H2,15,16,17)/b3-2-. The van der Waals surface area contributed by atoms with Crippen molar-refractivity contribution in [2.75, 3.05) is 32.2 Å². The lowest BCUT2D eigenvalue weighted by molar-refractivity contribution is 0.166. The number of methoxy groups -OCH3 is 1. The number of imidazole rings is 1. The molecule has 0 aliphatic heterocycles. The average Bonchev–Trinajstić information content (AvgIpc) is 2.96. The summed E-state index contributed by atoms with van der Waals surface area (Å²) >= 11 is 0. The Kier molecular flexibility index (Phi) is 6.86. The summed E-state index contributed by atoms with van der Waals surface area (Å²) in [6.07, 6.45) is 7.86. The number of hydrogen-bond donors (Lipinski definition) is 2. The lowest BCUT2D eigenvalue weighted by Gasteiger charge is -2.10. The molecule has 2 aromatic rings.